The summed E-state index contributed by atoms with van der Waals surface area (Å²) < 4.78 is 41.7. The molecule has 2 aliphatic carbocycles. The molecular weight excluding hydrogens is 969 g/mol. The van der Waals surface area contributed by atoms with Gasteiger partial charge in [0.05, 0.1) is 34.3 Å². The number of carbonyl (C=O) groups excluding carboxylic acids is 1. The van der Waals surface area contributed by atoms with Crippen LogP contribution in [0.25, 0.3) is 11.0 Å². The standard InChI is InChI=1S/C58H70N8O8S/c1-39(2)48-7-5-6-8-49(48)53-38-63(26-20-40-9-12-45(73-4)13-10-40)29-30-65(53)44-34-58(35-44)23-27-64(28-24-58)43-11-15-50(54(32-43)74-46-31-42-19-25-59-55(42)61-37-46)56(67)62-75(71,72)47-14-16-51(52(33-47)66(69)70)60-36-41-17-21-57(3,68)22-18-41/h5-16,19,25,31-33,37,39,41,44,53,60,68H,17-18,20-24,26-30,34-36,38H2,1-4H3,(H,59,61)(H,62,67). The van der Waals surface area contributed by atoms with Crippen molar-refractivity contribution in [2.75, 3.05) is 63.1 Å². The van der Waals surface area contributed by atoms with Crippen molar-refractivity contribution in [3.8, 4) is 17.2 Å². The number of nitro groups is 1. The van der Waals surface area contributed by atoms with Crippen molar-refractivity contribution in [1.29, 1.82) is 0 Å². The summed E-state index contributed by atoms with van der Waals surface area (Å²) in [5.41, 5.74) is 4.94. The molecule has 10 rings (SSSR count). The number of rotatable bonds is 17. The zero-order valence-electron chi connectivity index (χ0n) is 43.5. The van der Waals surface area contributed by atoms with E-state index in [1.165, 1.54) is 28.8 Å². The minimum atomic E-state index is -4.59. The number of nitrogens with one attached hydrogen (secondary N) is 3. The number of amides is 1. The van der Waals surface area contributed by atoms with E-state index in [2.05, 4.69) is 85.0 Å². The third kappa shape index (κ3) is 11.7. The summed E-state index contributed by atoms with van der Waals surface area (Å²) in [4.78, 5) is 40.6. The van der Waals surface area contributed by atoms with Crippen LogP contribution in [0.2, 0.25) is 0 Å². The fourth-order valence-electron chi connectivity index (χ4n) is 12.1. The van der Waals surface area contributed by atoms with Gasteiger partial charge in [0.2, 0.25) is 0 Å². The third-order valence-corrected chi connectivity index (χ3v) is 18.0. The van der Waals surface area contributed by atoms with Gasteiger partial charge in [-0.2, -0.15) is 0 Å². The van der Waals surface area contributed by atoms with Crippen LogP contribution in [0.4, 0.5) is 17.1 Å². The van der Waals surface area contributed by atoms with Crippen molar-refractivity contribution in [3.05, 3.63) is 142 Å². The summed E-state index contributed by atoms with van der Waals surface area (Å²) in [5.74, 6) is 1.06. The number of piperidine rings is 1. The number of methoxy groups -OCH3 is 1. The summed E-state index contributed by atoms with van der Waals surface area (Å²) in [6.07, 6.45) is 11.4. The van der Waals surface area contributed by atoms with Crippen molar-refractivity contribution in [1.82, 2.24) is 24.5 Å². The van der Waals surface area contributed by atoms with Gasteiger partial charge in [-0.05, 0) is 147 Å². The highest BCUT2D eigenvalue weighted by Gasteiger charge is 2.50. The second-order valence-corrected chi connectivity index (χ2v) is 23.7. The van der Waals surface area contributed by atoms with E-state index in [-0.39, 0.29) is 28.3 Å². The molecule has 4 heterocycles. The molecule has 17 heteroatoms. The lowest BCUT2D eigenvalue weighted by atomic mass is 9.59. The van der Waals surface area contributed by atoms with Gasteiger partial charge in [-0.15, -0.1) is 0 Å². The Hall–Kier alpha value is -6.53. The summed E-state index contributed by atoms with van der Waals surface area (Å²) in [6, 6.07) is 30.7. The Bertz CT molecular complexity index is 3120. The summed E-state index contributed by atoms with van der Waals surface area (Å²) >= 11 is 0. The van der Waals surface area contributed by atoms with Crippen molar-refractivity contribution < 1.29 is 32.7 Å². The molecule has 2 aliphatic heterocycles. The van der Waals surface area contributed by atoms with Crippen LogP contribution in [0, 0.1) is 21.4 Å². The number of fused-ring (bicyclic) bond motifs is 1. The second kappa shape index (κ2) is 21.6. The van der Waals surface area contributed by atoms with Crippen molar-refractivity contribution >= 4 is 44.0 Å². The van der Waals surface area contributed by atoms with Crippen LogP contribution >= 0.6 is 0 Å². The Morgan fingerprint density at radius 3 is 2.43 bits per heavy atom. The minimum Gasteiger partial charge on any atom is -0.497 e. The lowest BCUT2D eigenvalue weighted by molar-refractivity contribution is -0.384. The molecule has 1 amide bonds. The number of hydrogen-bond donors (Lipinski definition) is 4. The van der Waals surface area contributed by atoms with Gasteiger partial charge in [0, 0.05) is 87.3 Å². The van der Waals surface area contributed by atoms with Gasteiger partial charge in [-0.1, -0.05) is 50.2 Å². The molecule has 396 valence electrons. The smallest absolute Gasteiger partial charge is 0.293 e. The van der Waals surface area contributed by atoms with Crippen molar-refractivity contribution in [2.45, 2.75) is 107 Å². The molecule has 6 aromatic rings. The Morgan fingerprint density at radius 2 is 1.69 bits per heavy atom. The topological polar surface area (TPSA) is 195 Å². The molecule has 2 aromatic heterocycles. The molecule has 2 saturated carbocycles. The number of aliphatic hydroxyl groups is 1. The van der Waals surface area contributed by atoms with Gasteiger partial charge in [0.15, 0.2) is 0 Å². The van der Waals surface area contributed by atoms with Gasteiger partial charge >= 0.3 is 0 Å². The van der Waals surface area contributed by atoms with E-state index in [0.717, 1.165) is 107 Å². The van der Waals surface area contributed by atoms with Crippen LogP contribution in [0.3, 0.4) is 0 Å². The number of hydrogen-bond acceptors (Lipinski definition) is 13. The zero-order chi connectivity index (χ0) is 52.5. The molecule has 4 aromatic carbocycles. The van der Waals surface area contributed by atoms with Crippen LogP contribution in [0.15, 0.2) is 114 Å². The van der Waals surface area contributed by atoms with Gasteiger partial charge in [0.1, 0.15) is 28.6 Å². The first-order valence-electron chi connectivity index (χ1n) is 26.6. The van der Waals surface area contributed by atoms with Crippen molar-refractivity contribution in [3.63, 3.8) is 0 Å². The molecule has 1 unspecified atom stereocenters. The van der Waals surface area contributed by atoms with E-state index in [4.69, 9.17) is 9.47 Å². The number of sulfonamides is 1. The van der Waals surface area contributed by atoms with E-state index in [1.54, 1.807) is 37.7 Å². The highest BCUT2D eigenvalue weighted by Crippen LogP contribution is 2.53. The average molecular weight is 1040 g/mol. The zero-order valence-corrected chi connectivity index (χ0v) is 44.3. The number of pyridine rings is 1. The first-order valence-corrected chi connectivity index (χ1v) is 28.0. The average Bonchev–Trinajstić information content (AvgIpc) is 3.87. The Balaban J connectivity index is 0.822. The third-order valence-electron chi connectivity index (χ3n) is 16.6. The molecule has 2 saturated heterocycles. The number of H-pyrrole nitrogens is 1. The maximum Gasteiger partial charge on any atom is 0.293 e. The van der Waals surface area contributed by atoms with Crippen molar-refractivity contribution in [2.24, 2.45) is 11.3 Å². The number of nitro benzene ring substituents is 1. The molecule has 0 bridgehead atoms. The lowest BCUT2D eigenvalue weighted by Gasteiger charge is -2.58. The minimum absolute atomic E-state index is 0.0273. The van der Waals surface area contributed by atoms with Crippen LogP contribution in [0.5, 0.6) is 17.2 Å². The highest BCUT2D eigenvalue weighted by atomic mass is 32.2. The number of anilines is 2. The van der Waals surface area contributed by atoms with Crippen LogP contribution in [-0.4, -0.2) is 109 Å². The predicted octanol–water partition coefficient (Wildman–Crippen LogP) is 10.2. The molecule has 4 aliphatic rings. The lowest BCUT2D eigenvalue weighted by Crippen LogP contribution is -2.60. The molecule has 75 heavy (non-hydrogen) atoms. The fourth-order valence-corrected chi connectivity index (χ4v) is 13.1. The van der Waals surface area contributed by atoms with E-state index < -0.39 is 37.0 Å². The summed E-state index contributed by atoms with van der Waals surface area (Å²) in [5, 5.41) is 26.5. The van der Waals surface area contributed by atoms with Crippen LogP contribution < -0.4 is 24.4 Å². The number of benzene rings is 4. The number of ether oxygens (including phenoxy) is 2. The maximum atomic E-state index is 14.1. The van der Waals surface area contributed by atoms with Crippen LogP contribution in [0.1, 0.15) is 111 Å². The Kier molecular flexibility index (Phi) is 15.0. The van der Waals surface area contributed by atoms with E-state index in [9.17, 15) is 28.4 Å². The largest absolute Gasteiger partial charge is 0.497 e. The van der Waals surface area contributed by atoms with Gasteiger partial charge in [-0.25, -0.2) is 18.1 Å². The van der Waals surface area contributed by atoms with Gasteiger partial charge < -0.3 is 29.8 Å². The van der Waals surface area contributed by atoms with E-state index >= 15 is 0 Å². The maximum absolute atomic E-state index is 14.1. The van der Waals surface area contributed by atoms with E-state index in [0.29, 0.717) is 48.8 Å². The Morgan fingerprint density at radius 1 is 0.933 bits per heavy atom. The molecule has 1 atom stereocenters. The van der Waals surface area contributed by atoms with Gasteiger partial charge in [0.25, 0.3) is 21.6 Å². The summed E-state index contributed by atoms with van der Waals surface area (Å²) in [6.45, 7) is 12.5. The Labute approximate surface area is 440 Å². The molecule has 4 fully saturated rings. The normalized spacial score (nSPS) is 21.5. The molecule has 1 spiro atoms. The monoisotopic (exact) mass is 1040 g/mol. The fraction of sp³-hybridized carbons (Fsp3) is 0.448. The summed E-state index contributed by atoms with van der Waals surface area (Å²) in [7, 11) is -2.88. The molecular formula is C58H70N8O8S. The first kappa shape index (κ1) is 51.9. The number of nitrogens with zero attached hydrogens (tertiary/aromatic N) is 5. The van der Waals surface area contributed by atoms with E-state index in [1.807, 2.05) is 31.2 Å². The second-order valence-electron chi connectivity index (χ2n) is 22.0. The number of piperazine rings is 1. The first-order chi connectivity index (χ1) is 36.0. The predicted molar refractivity (Wildman–Crippen MR) is 291 cm³/mol. The molecule has 16 nitrogen and oxygen atoms in total. The number of carbonyl (C=O) groups is 1. The molecule has 0 radical (unpaired) electrons. The molecule has 4 N–H and O–H groups in total. The highest BCUT2D eigenvalue weighted by molar-refractivity contribution is 7.90. The number of aromatic amines is 1. The number of aromatic nitrogens is 2. The quantitative estimate of drug-likeness (QED) is 0.0498. The SMILES string of the molecule is COc1ccc(CCN2CCN(C3CC4(CCN(c5ccc(C(=O)NS(=O)(=O)c6ccc(NCC7CCC(C)(O)CC7)c([N+](=O)[O-])c6)c(Oc6cnc7[nH]ccc7c6)c5)CC4)C3)C(c3ccccc3C(C)C)C2)cc1. The van der Waals surface area contributed by atoms with Crippen LogP contribution in [-0.2, 0) is 16.4 Å². The van der Waals surface area contributed by atoms with Gasteiger partial charge in [-0.3, -0.25) is 24.7 Å².